The van der Waals surface area contributed by atoms with Gasteiger partial charge in [-0.2, -0.15) is 0 Å². The highest BCUT2D eigenvalue weighted by Gasteiger charge is 2.31. The van der Waals surface area contributed by atoms with Gasteiger partial charge in [-0.15, -0.1) is 11.3 Å². The number of rotatable bonds is 18. The van der Waals surface area contributed by atoms with E-state index < -0.39 is 0 Å². The zero-order valence-electron chi connectivity index (χ0n) is 22.9. The van der Waals surface area contributed by atoms with Gasteiger partial charge >= 0.3 is 5.97 Å². The Morgan fingerprint density at radius 2 is 1.63 bits per heavy atom. The van der Waals surface area contributed by atoms with Crippen LogP contribution in [0.25, 0.3) is 10.4 Å². The van der Waals surface area contributed by atoms with Crippen molar-refractivity contribution in [3.05, 3.63) is 41.0 Å². The van der Waals surface area contributed by atoms with Crippen molar-refractivity contribution in [2.45, 2.75) is 109 Å². The average Bonchev–Trinajstić information content (AvgIpc) is 3.57. The van der Waals surface area contributed by atoms with E-state index in [-0.39, 0.29) is 24.0 Å². The Morgan fingerprint density at radius 3 is 2.24 bits per heavy atom. The summed E-state index contributed by atoms with van der Waals surface area (Å²) in [5, 5.41) is 15.0. The Hall–Kier alpha value is -2.29. The van der Waals surface area contributed by atoms with Gasteiger partial charge in [-0.3, -0.25) is 9.59 Å². The summed E-state index contributed by atoms with van der Waals surface area (Å²) >= 11 is 1.63. The molecule has 8 heteroatoms. The highest BCUT2D eigenvalue weighted by molar-refractivity contribution is 7.13. The SMILES string of the molecule is Cc1ncsc1-c1ccc(CNC(=O)C2CC(OC(=O)CCCCCCCCCCCCCO)CN2)cc1. The number of hydrogen-bond donors (Lipinski definition) is 3. The van der Waals surface area contributed by atoms with Crippen molar-refractivity contribution < 1.29 is 19.4 Å². The predicted octanol–water partition coefficient (Wildman–Crippen LogP) is 5.68. The lowest BCUT2D eigenvalue weighted by molar-refractivity contribution is -0.148. The lowest BCUT2D eigenvalue weighted by atomic mass is 10.1. The number of unbranched alkanes of at least 4 members (excludes halogenated alkanes) is 10. The van der Waals surface area contributed by atoms with Gasteiger partial charge in [0, 0.05) is 32.5 Å². The minimum absolute atomic E-state index is 0.0592. The van der Waals surface area contributed by atoms with Crippen molar-refractivity contribution in [3.63, 3.8) is 0 Å². The summed E-state index contributed by atoms with van der Waals surface area (Å²) in [6, 6.07) is 7.86. The molecule has 3 rings (SSSR count). The van der Waals surface area contributed by atoms with E-state index in [9.17, 15) is 9.59 Å². The predicted molar refractivity (Wildman–Crippen MR) is 153 cm³/mol. The van der Waals surface area contributed by atoms with Gasteiger partial charge < -0.3 is 20.5 Å². The number of nitrogens with zero attached hydrogens (tertiary/aromatic N) is 1. The van der Waals surface area contributed by atoms with E-state index in [4.69, 9.17) is 9.84 Å². The van der Waals surface area contributed by atoms with Crippen LogP contribution in [0.4, 0.5) is 0 Å². The number of carbonyl (C=O) groups excluding carboxylic acids is 2. The second-order valence-electron chi connectivity index (χ2n) is 10.4. The van der Waals surface area contributed by atoms with Crippen LogP contribution in [0.5, 0.6) is 0 Å². The van der Waals surface area contributed by atoms with Gasteiger partial charge in [0.1, 0.15) is 6.10 Å². The molecule has 2 atom stereocenters. The summed E-state index contributed by atoms with van der Waals surface area (Å²) in [5.74, 6) is -0.215. The Morgan fingerprint density at radius 1 is 1.00 bits per heavy atom. The minimum Gasteiger partial charge on any atom is -0.461 e. The molecule has 0 saturated carbocycles. The van der Waals surface area contributed by atoms with E-state index in [1.54, 1.807) is 11.3 Å². The first-order valence-corrected chi connectivity index (χ1v) is 15.3. The van der Waals surface area contributed by atoms with Crippen molar-refractivity contribution >= 4 is 23.2 Å². The fraction of sp³-hybridized carbons (Fsp3) is 0.633. The third kappa shape index (κ3) is 10.8. The molecule has 7 nitrogen and oxygen atoms in total. The van der Waals surface area contributed by atoms with Crippen molar-refractivity contribution in [2.24, 2.45) is 0 Å². The summed E-state index contributed by atoms with van der Waals surface area (Å²) in [5.41, 5.74) is 5.06. The standard InChI is InChI=1S/C30H45N3O4S/c1-23-29(38-22-33-23)25-16-14-24(15-17-25)20-32-30(36)27-19-26(21-31-27)37-28(35)13-11-9-7-5-3-2-4-6-8-10-12-18-34/h14-17,22,26-27,31,34H,2-13,18-21H2,1H3,(H,32,36). The molecule has 0 spiro atoms. The minimum atomic E-state index is -0.332. The average molecular weight is 544 g/mol. The Kier molecular flexibility index (Phi) is 13.8. The Bertz CT molecular complexity index is 963. The van der Waals surface area contributed by atoms with Crippen LogP contribution in [0, 0.1) is 6.92 Å². The highest BCUT2D eigenvalue weighted by Crippen LogP contribution is 2.27. The molecule has 1 saturated heterocycles. The van der Waals surface area contributed by atoms with Gasteiger partial charge in [0.05, 0.1) is 22.1 Å². The number of aliphatic hydroxyl groups excluding tert-OH is 1. The third-order valence-corrected chi connectivity index (χ3v) is 8.15. The Balaban J connectivity index is 1.21. The molecule has 0 radical (unpaired) electrons. The number of benzene rings is 1. The van der Waals surface area contributed by atoms with E-state index in [2.05, 4.69) is 27.8 Å². The van der Waals surface area contributed by atoms with Crippen LogP contribution in [0.1, 0.15) is 94.7 Å². The zero-order chi connectivity index (χ0) is 27.0. The second-order valence-corrected chi connectivity index (χ2v) is 11.2. The molecule has 210 valence electrons. The molecule has 3 N–H and O–H groups in total. The number of aliphatic hydroxyl groups is 1. The molecular weight excluding hydrogens is 498 g/mol. The number of aromatic nitrogens is 1. The van der Waals surface area contributed by atoms with E-state index in [1.165, 1.54) is 49.8 Å². The van der Waals surface area contributed by atoms with Crippen LogP contribution in [0.3, 0.4) is 0 Å². The van der Waals surface area contributed by atoms with Crippen molar-refractivity contribution in [3.8, 4) is 10.4 Å². The summed E-state index contributed by atoms with van der Waals surface area (Å²) in [4.78, 5) is 30.3. The number of nitrogens with one attached hydrogen (secondary N) is 2. The molecule has 0 aliphatic carbocycles. The molecule has 2 heterocycles. The fourth-order valence-electron chi connectivity index (χ4n) is 4.88. The van der Waals surface area contributed by atoms with Crippen molar-refractivity contribution in [1.29, 1.82) is 0 Å². The molecule has 1 aromatic carbocycles. The van der Waals surface area contributed by atoms with Gasteiger partial charge in [0.25, 0.3) is 0 Å². The molecule has 2 unspecified atom stereocenters. The summed E-state index contributed by atoms with van der Waals surface area (Å²) in [7, 11) is 0. The second kappa shape index (κ2) is 17.3. The molecule has 1 fully saturated rings. The first kappa shape index (κ1) is 30.3. The Labute approximate surface area is 231 Å². The molecule has 1 aliphatic rings. The zero-order valence-corrected chi connectivity index (χ0v) is 23.7. The number of thiazole rings is 1. The maximum atomic E-state index is 12.6. The van der Waals surface area contributed by atoms with E-state index in [0.717, 1.165) is 42.5 Å². The number of aryl methyl sites for hydroxylation is 1. The molecule has 38 heavy (non-hydrogen) atoms. The van der Waals surface area contributed by atoms with E-state index in [1.807, 2.05) is 24.6 Å². The fourth-order valence-corrected chi connectivity index (χ4v) is 5.69. The highest BCUT2D eigenvalue weighted by atomic mass is 32.1. The maximum Gasteiger partial charge on any atom is 0.306 e. The van der Waals surface area contributed by atoms with Gasteiger partial charge in [-0.05, 0) is 30.9 Å². The van der Waals surface area contributed by atoms with Gasteiger partial charge in [-0.25, -0.2) is 4.98 Å². The van der Waals surface area contributed by atoms with Crippen molar-refractivity contribution in [1.82, 2.24) is 15.6 Å². The van der Waals surface area contributed by atoms with Gasteiger partial charge in [0.2, 0.25) is 5.91 Å². The molecule has 1 aromatic heterocycles. The first-order chi connectivity index (χ1) is 18.6. The third-order valence-electron chi connectivity index (χ3n) is 7.17. The monoisotopic (exact) mass is 543 g/mol. The molecular formula is C30H45N3O4S. The van der Waals surface area contributed by atoms with Crippen LogP contribution < -0.4 is 10.6 Å². The quantitative estimate of drug-likeness (QED) is 0.165. The summed E-state index contributed by atoms with van der Waals surface area (Å²) in [6.45, 7) is 3.31. The van der Waals surface area contributed by atoms with Crippen LogP contribution in [0.15, 0.2) is 29.8 Å². The largest absolute Gasteiger partial charge is 0.461 e. The lowest BCUT2D eigenvalue weighted by Crippen LogP contribution is -2.39. The van der Waals surface area contributed by atoms with Crippen molar-refractivity contribution in [2.75, 3.05) is 13.2 Å². The number of carbonyl (C=O) groups is 2. The number of esters is 1. The number of ether oxygens (including phenoxy) is 1. The lowest BCUT2D eigenvalue weighted by Gasteiger charge is -2.13. The first-order valence-electron chi connectivity index (χ1n) is 14.4. The molecule has 0 bridgehead atoms. The van der Waals surface area contributed by atoms with Crippen LogP contribution >= 0.6 is 11.3 Å². The van der Waals surface area contributed by atoms with Crippen LogP contribution in [-0.4, -0.2) is 47.3 Å². The van der Waals surface area contributed by atoms with Gasteiger partial charge in [-0.1, -0.05) is 82.1 Å². The topological polar surface area (TPSA) is 101 Å². The molecule has 2 aromatic rings. The summed E-state index contributed by atoms with van der Waals surface area (Å²) in [6.07, 6.45) is 13.5. The van der Waals surface area contributed by atoms with E-state index >= 15 is 0 Å². The number of amides is 1. The number of hydrogen-bond acceptors (Lipinski definition) is 7. The molecule has 1 amide bonds. The van der Waals surface area contributed by atoms with Crippen LogP contribution in [-0.2, 0) is 20.9 Å². The van der Waals surface area contributed by atoms with E-state index in [0.29, 0.717) is 32.5 Å². The maximum absolute atomic E-state index is 12.6. The summed E-state index contributed by atoms with van der Waals surface area (Å²) < 4.78 is 5.61. The molecule has 1 aliphatic heterocycles. The normalized spacial score (nSPS) is 17.0. The smallest absolute Gasteiger partial charge is 0.306 e. The van der Waals surface area contributed by atoms with Crippen LogP contribution in [0.2, 0.25) is 0 Å². The van der Waals surface area contributed by atoms with Gasteiger partial charge in [0.15, 0.2) is 0 Å².